The van der Waals surface area contributed by atoms with Crippen molar-refractivity contribution >= 4 is 48.9 Å². The number of nitrogens with zero attached hydrogens (tertiary/aromatic N) is 1. The molecule has 0 aliphatic rings. The van der Waals surface area contributed by atoms with E-state index < -0.39 is 0 Å². The molecule has 6 aromatic carbocycles. The van der Waals surface area contributed by atoms with Crippen LogP contribution in [0.5, 0.6) is 0 Å². The van der Waals surface area contributed by atoms with Crippen molar-refractivity contribution in [3.05, 3.63) is 161 Å². The summed E-state index contributed by atoms with van der Waals surface area (Å²) < 4.78 is 2.10. The summed E-state index contributed by atoms with van der Waals surface area (Å²) in [6.07, 6.45) is 0. The van der Waals surface area contributed by atoms with Gasteiger partial charge in [-0.3, -0.25) is 0 Å². The van der Waals surface area contributed by atoms with Crippen LogP contribution >= 0.6 is 31.9 Å². The van der Waals surface area contributed by atoms with E-state index in [0.717, 1.165) is 37.1 Å². The molecule has 0 aliphatic carbocycles. The van der Waals surface area contributed by atoms with Gasteiger partial charge in [0.25, 0.3) is 0 Å². The van der Waals surface area contributed by atoms with Crippen molar-refractivity contribution in [2.24, 2.45) is 0 Å². The number of anilines is 3. The third kappa shape index (κ3) is 5.61. The van der Waals surface area contributed by atoms with Crippen LogP contribution in [0.15, 0.2) is 161 Å². The Labute approximate surface area is 246 Å². The van der Waals surface area contributed by atoms with Crippen molar-refractivity contribution in [2.75, 3.05) is 4.90 Å². The predicted molar refractivity (Wildman–Crippen MR) is 173 cm³/mol. The summed E-state index contributed by atoms with van der Waals surface area (Å²) in [5.74, 6) is 0. The Bertz CT molecular complexity index is 1610. The monoisotopic (exact) mass is 629 g/mol. The number of benzene rings is 6. The van der Waals surface area contributed by atoms with Crippen LogP contribution in [0.2, 0.25) is 0 Å². The number of hydrogen-bond acceptors (Lipinski definition) is 1. The molecule has 0 aliphatic heterocycles. The minimum atomic E-state index is 1.05. The first-order valence-corrected chi connectivity index (χ1v) is 14.4. The van der Waals surface area contributed by atoms with E-state index in [0.29, 0.717) is 0 Å². The van der Waals surface area contributed by atoms with Crippen molar-refractivity contribution in [3.63, 3.8) is 0 Å². The molecular weight excluding hydrogens is 606 g/mol. The third-order valence-corrected chi connectivity index (χ3v) is 7.96. The largest absolute Gasteiger partial charge is 0.310 e. The molecule has 0 aromatic heterocycles. The number of hydrogen-bond donors (Lipinski definition) is 0. The predicted octanol–water partition coefficient (Wildman–Crippen LogP) is 11.7. The summed E-state index contributed by atoms with van der Waals surface area (Å²) in [6.45, 7) is 0. The number of halogens is 2. The first-order valence-electron chi connectivity index (χ1n) is 12.8. The van der Waals surface area contributed by atoms with Crippen molar-refractivity contribution < 1.29 is 0 Å². The lowest BCUT2D eigenvalue weighted by Crippen LogP contribution is -2.10. The Morgan fingerprint density at radius 2 is 0.846 bits per heavy atom. The molecule has 0 unspecified atom stereocenters. The summed E-state index contributed by atoms with van der Waals surface area (Å²) in [6, 6.07) is 53.6. The minimum absolute atomic E-state index is 1.05. The fraction of sp³-hybridized carbons (Fsp3) is 0. The molecule has 6 rings (SSSR count). The Balaban J connectivity index is 1.43. The van der Waals surface area contributed by atoms with Gasteiger partial charge in [0.2, 0.25) is 0 Å². The lowest BCUT2D eigenvalue weighted by atomic mass is 10.0. The van der Waals surface area contributed by atoms with Crippen LogP contribution in [0.1, 0.15) is 0 Å². The highest BCUT2D eigenvalue weighted by Crippen LogP contribution is 2.39. The van der Waals surface area contributed by atoms with E-state index in [1.165, 1.54) is 22.3 Å². The Kier molecular flexibility index (Phi) is 7.44. The van der Waals surface area contributed by atoms with Gasteiger partial charge in [-0.1, -0.05) is 135 Å². The van der Waals surface area contributed by atoms with Crippen LogP contribution in [0.25, 0.3) is 33.4 Å². The fourth-order valence-corrected chi connectivity index (χ4v) is 6.13. The highest BCUT2D eigenvalue weighted by Gasteiger charge is 2.15. The Hall–Kier alpha value is -3.92. The maximum atomic E-state index is 3.75. The van der Waals surface area contributed by atoms with E-state index in [1.54, 1.807) is 0 Å². The van der Waals surface area contributed by atoms with Gasteiger partial charge >= 0.3 is 0 Å². The topological polar surface area (TPSA) is 3.24 Å². The molecule has 0 radical (unpaired) electrons. The Morgan fingerprint density at radius 1 is 0.359 bits per heavy atom. The van der Waals surface area contributed by atoms with Crippen molar-refractivity contribution in [3.8, 4) is 33.4 Å². The van der Waals surface area contributed by atoms with Gasteiger partial charge in [-0.15, -0.1) is 0 Å². The van der Waals surface area contributed by atoms with Gasteiger partial charge in [0.05, 0.1) is 0 Å². The summed E-state index contributed by atoms with van der Waals surface area (Å²) in [5, 5.41) is 0. The van der Waals surface area contributed by atoms with Gasteiger partial charge < -0.3 is 4.90 Å². The summed E-state index contributed by atoms with van der Waals surface area (Å²) in [5.41, 5.74) is 10.4. The normalized spacial score (nSPS) is 10.8. The molecule has 39 heavy (non-hydrogen) atoms. The highest BCUT2D eigenvalue weighted by molar-refractivity contribution is 9.11. The van der Waals surface area contributed by atoms with Crippen LogP contribution in [-0.4, -0.2) is 0 Å². The molecular formula is C36H25Br2N. The molecule has 0 spiro atoms. The van der Waals surface area contributed by atoms with Crippen molar-refractivity contribution in [1.82, 2.24) is 0 Å². The van der Waals surface area contributed by atoms with Gasteiger partial charge in [0.15, 0.2) is 0 Å². The minimum Gasteiger partial charge on any atom is -0.310 e. The zero-order valence-electron chi connectivity index (χ0n) is 21.1. The molecule has 3 heteroatoms. The molecule has 188 valence electrons. The van der Waals surface area contributed by atoms with Crippen LogP contribution in [0, 0.1) is 0 Å². The van der Waals surface area contributed by atoms with Crippen LogP contribution in [0.3, 0.4) is 0 Å². The first-order chi connectivity index (χ1) is 19.2. The van der Waals surface area contributed by atoms with Crippen LogP contribution < -0.4 is 4.90 Å². The van der Waals surface area contributed by atoms with Gasteiger partial charge in [-0.25, -0.2) is 0 Å². The second-order valence-corrected chi connectivity index (χ2v) is 11.1. The summed E-state index contributed by atoms with van der Waals surface area (Å²) in [7, 11) is 0. The average Bonchev–Trinajstić information content (AvgIpc) is 2.99. The van der Waals surface area contributed by atoms with Crippen molar-refractivity contribution in [1.29, 1.82) is 0 Å². The molecule has 0 atom stereocenters. The van der Waals surface area contributed by atoms with E-state index in [1.807, 2.05) is 0 Å². The maximum absolute atomic E-state index is 3.75. The maximum Gasteiger partial charge on any atom is 0.0467 e. The first kappa shape index (κ1) is 25.4. The van der Waals surface area contributed by atoms with Gasteiger partial charge in [-0.2, -0.15) is 0 Å². The quantitative estimate of drug-likeness (QED) is 0.177. The van der Waals surface area contributed by atoms with Crippen LogP contribution in [0.4, 0.5) is 17.1 Å². The zero-order chi connectivity index (χ0) is 26.6. The molecule has 1 nitrogen and oxygen atoms in total. The van der Waals surface area contributed by atoms with E-state index in [-0.39, 0.29) is 0 Å². The van der Waals surface area contributed by atoms with E-state index >= 15 is 0 Å². The van der Waals surface area contributed by atoms with Gasteiger partial charge in [0, 0.05) is 26.0 Å². The molecule has 0 amide bonds. The fourth-order valence-electron chi connectivity index (χ4n) is 4.85. The van der Waals surface area contributed by atoms with Gasteiger partial charge in [-0.05, 0) is 81.9 Å². The molecule has 0 fully saturated rings. The van der Waals surface area contributed by atoms with Gasteiger partial charge in [0.1, 0.15) is 0 Å². The second-order valence-electron chi connectivity index (χ2n) is 9.34. The average molecular weight is 631 g/mol. The SMILES string of the molecule is Brc1ccc(-c2cccc(N(c3ccc(-c4ccccc4)cc3)c3ccc(-c4ccccc4)cc3)c2)c(Br)c1. The van der Waals surface area contributed by atoms with E-state index in [9.17, 15) is 0 Å². The molecule has 0 bridgehead atoms. The van der Waals surface area contributed by atoms with Crippen LogP contribution in [-0.2, 0) is 0 Å². The van der Waals surface area contributed by atoms with E-state index in [4.69, 9.17) is 0 Å². The summed E-state index contributed by atoms with van der Waals surface area (Å²) >= 11 is 7.33. The summed E-state index contributed by atoms with van der Waals surface area (Å²) in [4.78, 5) is 2.32. The third-order valence-electron chi connectivity index (χ3n) is 6.81. The Morgan fingerprint density at radius 3 is 1.36 bits per heavy atom. The lowest BCUT2D eigenvalue weighted by Gasteiger charge is -2.26. The number of rotatable bonds is 6. The molecule has 6 aromatic rings. The highest BCUT2D eigenvalue weighted by atomic mass is 79.9. The van der Waals surface area contributed by atoms with Crippen molar-refractivity contribution in [2.45, 2.75) is 0 Å². The second kappa shape index (κ2) is 11.4. The molecule has 0 saturated heterocycles. The molecule has 0 saturated carbocycles. The smallest absolute Gasteiger partial charge is 0.0467 e. The molecule has 0 heterocycles. The lowest BCUT2D eigenvalue weighted by molar-refractivity contribution is 1.28. The van der Waals surface area contributed by atoms with E-state index in [2.05, 4.69) is 188 Å². The zero-order valence-corrected chi connectivity index (χ0v) is 24.3. The standard InChI is InChI=1S/C36H25Br2N/c37-31-18-23-35(36(38)25-31)30-12-7-13-34(24-30)39(32-19-14-28(15-20-32)26-8-3-1-4-9-26)33-21-16-29(17-22-33)27-10-5-2-6-11-27/h1-25H. The molecule has 0 N–H and O–H groups in total.